The zero-order valence-electron chi connectivity index (χ0n) is 17.5. The van der Waals surface area contributed by atoms with E-state index in [1.54, 1.807) is 24.3 Å². The summed E-state index contributed by atoms with van der Waals surface area (Å²) in [6, 6.07) is 16.3. The molecule has 1 amide bonds. The highest BCUT2D eigenvalue weighted by Crippen LogP contribution is 2.25. The second-order valence-electron chi connectivity index (χ2n) is 6.81. The van der Waals surface area contributed by atoms with Gasteiger partial charge in [0.15, 0.2) is 10.9 Å². The zero-order chi connectivity index (χ0) is 22.5. The van der Waals surface area contributed by atoms with E-state index < -0.39 is 0 Å². The lowest BCUT2D eigenvalue weighted by Gasteiger charge is -2.07. The van der Waals surface area contributed by atoms with E-state index >= 15 is 0 Å². The highest BCUT2D eigenvalue weighted by Gasteiger charge is 2.20. The highest BCUT2D eigenvalue weighted by molar-refractivity contribution is 7.99. The number of aromatic nitrogens is 5. The summed E-state index contributed by atoms with van der Waals surface area (Å²) < 4.78 is 7.22. The van der Waals surface area contributed by atoms with Gasteiger partial charge in [-0.3, -0.25) is 14.2 Å². The molecule has 0 aliphatic rings. The van der Waals surface area contributed by atoms with Crippen LogP contribution < -0.4 is 5.32 Å². The van der Waals surface area contributed by atoms with Crippen LogP contribution >= 0.6 is 11.8 Å². The Balaban J connectivity index is 1.42. The molecular formula is C22H20N6O3S. The number of Topliss-reactive ketones (excluding diaryl/α,β-unsaturated/α-hetero) is 1. The number of ketones is 1. The van der Waals surface area contributed by atoms with E-state index in [-0.39, 0.29) is 23.3 Å². The van der Waals surface area contributed by atoms with Crippen LogP contribution in [0.3, 0.4) is 0 Å². The van der Waals surface area contributed by atoms with E-state index in [0.717, 1.165) is 5.56 Å². The number of rotatable bonds is 8. The van der Waals surface area contributed by atoms with Gasteiger partial charge in [0.2, 0.25) is 17.6 Å². The van der Waals surface area contributed by atoms with Crippen molar-refractivity contribution < 1.29 is 14.1 Å². The molecule has 0 aliphatic heterocycles. The fraction of sp³-hybridized carbons (Fsp3) is 0.182. The molecule has 0 fully saturated rings. The number of carbonyl (C=O) groups is 2. The van der Waals surface area contributed by atoms with Gasteiger partial charge in [-0.05, 0) is 38.1 Å². The quantitative estimate of drug-likeness (QED) is 0.318. The summed E-state index contributed by atoms with van der Waals surface area (Å²) in [5, 5.41) is 15.8. The average molecular weight is 449 g/mol. The van der Waals surface area contributed by atoms with Gasteiger partial charge in [-0.2, -0.15) is 4.98 Å². The van der Waals surface area contributed by atoms with Crippen molar-refractivity contribution in [2.24, 2.45) is 0 Å². The third-order valence-electron chi connectivity index (χ3n) is 4.59. The Morgan fingerprint density at radius 3 is 2.50 bits per heavy atom. The first-order valence-electron chi connectivity index (χ1n) is 9.91. The minimum absolute atomic E-state index is 0.0229. The maximum atomic E-state index is 12.3. The maximum absolute atomic E-state index is 12.3. The van der Waals surface area contributed by atoms with Gasteiger partial charge >= 0.3 is 0 Å². The van der Waals surface area contributed by atoms with Crippen molar-refractivity contribution in [1.29, 1.82) is 0 Å². The largest absolute Gasteiger partial charge is 0.330 e. The van der Waals surface area contributed by atoms with E-state index in [1.165, 1.54) is 18.7 Å². The topological polar surface area (TPSA) is 116 Å². The van der Waals surface area contributed by atoms with E-state index in [4.69, 9.17) is 4.52 Å². The summed E-state index contributed by atoms with van der Waals surface area (Å²) in [7, 11) is 0. The predicted octanol–water partition coefficient (Wildman–Crippen LogP) is 3.95. The number of carbonyl (C=O) groups excluding carboxylic acids is 2. The van der Waals surface area contributed by atoms with E-state index in [9.17, 15) is 9.59 Å². The molecule has 4 aromatic rings. The van der Waals surface area contributed by atoms with Crippen molar-refractivity contribution in [2.45, 2.75) is 25.5 Å². The van der Waals surface area contributed by atoms with Crippen molar-refractivity contribution in [2.75, 3.05) is 11.1 Å². The van der Waals surface area contributed by atoms with Gasteiger partial charge < -0.3 is 9.84 Å². The predicted molar refractivity (Wildman–Crippen MR) is 120 cm³/mol. The fourth-order valence-corrected chi connectivity index (χ4v) is 3.78. The lowest BCUT2D eigenvalue weighted by molar-refractivity contribution is -0.113. The number of hydrogen-bond donors (Lipinski definition) is 1. The van der Waals surface area contributed by atoms with Crippen molar-refractivity contribution in [1.82, 2.24) is 24.9 Å². The van der Waals surface area contributed by atoms with E-state index in [1.807, 2.05) is 41.8 Å². The van der Waals surface area contributed by atoms with Crippen molar-refractivity contribution >= 4 is 29.1 Å². The molecule has 0 radical (unpaired) electrons. The number of thioether (sulfide) groups is 1. The second-order valence-corrected chi connectivity index (χ2v) is 7.75. The summed E-state index contributed by atoms with van der Waals surface area (Å²) >= 11 is 1.26. The molecule has 2 aromatic heterocycles. The molecule has 0 bridgehead atoms. The van der Waals surface area contributed by atoms with Gasteiger partial charge in [0.05, 0.1) is 5.75 Å². The van der Waals surface area contributed by atoms with Crippen LogP contribution in [0.15, 0.2) is 64.3 Å². The number of amides is 1. The molecule has 1 N–H and O–H groups in total. The number of hydrogen-bond acceptors (Lipinski definition) is 8. The first-order valence-corrected chi connectivity index (χ1v) is 10.9. The molecule has 10 heteroatoms. The average Bonchev–Trinajstić information content (AvgIpc) is 3.45. The molecule has 0 aliphatic carbocycles. The smallest absolute Gasteiger partial charge is 0.296 e. The van der Waals surface area contributed by atoms with Crippen LogP contribution in [0.4, 0.5) is 5.69 Å². The van der Waals surface area contributed by atoms with Crippen LogP contribution in [0, 0.1) is 0 Å². The zero-order valence-corrected chi connectivity index (χ0v) is 18.3. The first-order chi connectivity index (χ1) is 15.5. The Morgan fingerprint density at radius 1 is 1.06 bits per heavy atom. The second kappa shape index (κ2) is 9.56. The lowest BCUT2D eigenvalue weighted by Crippen LogP contribution is -2.14. The Kier molecular flexibility index (Phi) is 6.41. The summed E-state index contributed by atoms with van der Waals surface area (Å²) in [5.74, 6) is 1.11. The summed E-state index contributed by atoms with van der Waals surface area (Å²) in [6.07, 6.45) is 0. The highest BCUT2D eigenvalue weighted by atomic mass is 32.2. The monoisotopic (exact) mass is 448 g/mol. The summed E-state index contributed by atoms with van der Waals surface area (Å²) in [4.78, 5) is 28.1. The third kappa shape index (κ3) is 4.75. The van der Waals surface area contributed by atoms with Crippen LogP contribution in [0.25, 0.3) is 23.1 Å². The lowest BCUT2D eigenvalue weighted by atomic mass is 10.1. The molecule has 4 rings (SSSR count). The summed E-state index contributed by atoms with van der Waals surface area (Å²) in [6.45, 7) is 4.02. The van der Waals surface area contributed by atoms with Gasteiger partial charge in [0, 0.05) is 23.4 Å². The van der Waals surface area contributed by atoms with Gasteiger partial charge in [0.1, 0.15) is 0 Å². The minimum Gasteiger partial charge on any atom is -0.330 e. The normalized spacial score (nSPS) is 10.8. The van der Waals surface area contributed by atoms with E-state index in [0.29, 0.717) is 34.6 Å². The molecule has 0 unspecified atom stereocenters. The number of nitrogens with zero attached hydrogens (tertiary/aromatic N) is 5. The Bertz CT molecular complexity index is 1230. The van der Waals surface area contributed by atoms with Crippen molar-refractivity contribution in [3.05, 3.63) is 60.2 Å². The molecule has 32 heavy (non-hydrogen) atoms. The summed E-state index contributed by atoms with van der Waals surface area (Å²) in [5.41, 5.74) is 2.06. The SMILES string of the molecule is CCn1c(SCC(=O)Nc2ccc(C(C)=O)cc2)nnc1-c1nc(-c2ccccc2)no1. The number of benzene rings is 2. The van der Waals surface area contributed by atoms with Crippen molar-refractivity contribution in [3.8, 4) is 23.1 Å². The molecular weight excluding hydrogens is 428 g/mol. The Labute approximate surface area is 188 Å². The molecule has 0 spiro atoms. The molecule has 9 nitrogen and oxygen atoms in total. The number of nitrogens with one attached hydrogen (secondary N) is 1. The van der Waals surface area contributed by atoms with Gasteiger partial charge in [-0.15, -0.1) is 10.2 Å². The van der Waals surface area contributed by atoms with Crippen LogP contribution in [-0.4, -0.2) is 42.3 Å². The third-order valence-corrected chi connectivity index (χ3v) is 5.56. The molecule has 0 saturated heterocycles. The van der Waals surface area contributed by atoms with Gasteiger partial charge in [-0.1, -0.05) is 47.3 Å². The molecule has 162 valence electrons. The van der Waals surface area contributed by atoms with Crippen LogP contribution in [-0.2, 0) is 11.3 Å². The Hall–Kier alpha value is -3.79. The Morgan fingerprint density at radius 2 is 1.81 bits per heavy atom. The van der Waals surface area contributed by atoms with Crippen LogP contribution in [0.2, 0.25) is 0 Å². The van der Waals surface area contributed by atoms with E-state index in [2.05, 4.69) is 25.7 Å². The fourth-order valence-electron chi connectivity index (χ4n) is 2.97. The standard InChI is InChI=1S/C22H20N6O3S/c1-3-28-20(21-24-19(27-31-21)16-7-5-4-6-8-16)25-26-22(28)32-13-18(30)23-17-11-9-15(10-12-17)14(2)29/h4-12H,3,13H2,1-2H3,(H,23,30). The molecule has 0 saturated carbocycles. The van der Waals surface area contributed by atoms with Crippen LogP contribution in [0.1, 0.15) is 24.2 Å². The molecule has 0 atom stereocenters. The van der Waals surface area contributed by atoms with Crippen molar-refractivity contribution in [3.63, 3.8) is 0 Å². The van der Waals surface area contributed by atoms with Gasteiger partial charge in [-0.25, -0.2) is 0 Å². The maximum Gasteiger partial charge on any atom is 0.296 e. The van der Waals surface area contributed by atoms with Gasteiger partial charge in [0.25, 0.3) is 5.89 Å². The minimum atomic E-state index is -0.193. The molecule has 2 aromatic carbocycles. The number of anilines is 1. The first kappa shape index (κ1) is 21.4. The van der Waals surface area contributed by atoms with Crippen LogP contribution in [0.5, 0.6) is 0 Å². The molecule has 2 heterocycles.